The van der Waals surface area contributed by atoms with Gasteiger partial charge in [-0.3, -0.25) is 10.2 Å². The molecule has 2 N–H and O–H groups in total. The highest BCUT2D eigenvalue weighted by atomic mass is 79.9. The predicted molar refractivity (Wildman–Crippen MR) is 92.0 cm³/mol. The van der Waals surface area contributed by atoms with Gasteiger partial charge in [-0.25, -0.2) is 0 Å². The summed E-state index contributed by atoms with van der Waals surface area (Å²) in [6, 6.07) is 7.53. The summed E-state index contributed by atoms with van der Waals surface area (Å²) in [6.45, 7) is 7.75. The molecule has 1 heterocycles. The number of aliphatic hydroxyl groups excluding tert-OH is 1. The molecule has 1 amide bonds. The van der Waals surface area contributed by atoms with Gasteiger partial charge in [0.15, 0.2) is 0 Å². The van der Waals surface area contributed by atoms with Crippen LogP contribution in [0.3, 0.4) is 0 Å². The number of hydrogen-bond donors (Lipinski definition) is 2. The van der Waals surface area contributed by atoms with E-state index in [9.17, 15) is 9.90 Å². The van der Waals surface area contributed by atoms with Gasteiger partial charge in [0.2, 0.25) is 0 Å². The quantitative estimate of drug-likeness (QED) is 0.634. The lowest BCUT2D eigenvalue weighted by molar-refractivity contribution is -0.129. The SMILES string of the molecule is CC(=NNc1ccc(Br)cc1)C1=C(O)CN(C(C)(C)C)C1=O. The van der Waals surface area contributed by atoms with Crippen LogP contribution in [0.2, 0.25) is 0 Å². The second-order valence-corrected chi connectivity index (χ2v) is 7.12. The van der Waals surface area contributed by atoms with Crippen LogP contribution in [0.25, 0.3) is 0 Å². The maximum Gasteiger partial charge on any atom is 0.260 e. The van der Waals surface area contributed by atoms with Crippen molar-refractivity contribution in [1.82, 2.24) is 4.90 Å². The van der Waals surface area contributed by atoms with E-state index in [1.807, 2.05) is 45.0 Å². The Morgan fingerprint density at radius 1 is 1.32 bits per heavy atom. The molecule has 118 valence electrons. The molecule has 22 heavy (non-hydrogen) atoms. The number of hydrogen-bond acceptors (Lipinski definition) is 4. The fraction of sp³-hybridized carbons (Fsp3) is 0.375. The van der Waals surface area contributed by atoms with Crippen molar-refractivity contribution in [3.8, 4) is 0 Å². The first kappa shape index (κ1) is 16.5. The van der Waals surface area contributed by atoms with Gasteiger partial charge >= 0.3 is 0 Å². The maximum atomic E-state index is 12.5. The van der Waals surface area contributed by atoms with Crippen molar-refractivity contribution in [2.75, 3.05) is 12.0 Å². The van der Waals surface area contributed by atoms with E-state index in [0.717, 1.165) is 10.2 Å². The lowest BCUT2D eigenvalue weighted by Crippen LogP contribution is -2.43. The number of amides is 1. The maximum absolute atomic E-state index is 12.5. The van der Waals surface area contributed by atoms with E-state index < -0.39 is 0 Å². The van der Waals surface area contributed by atoms with Crippen molar-refractivity contribution < 1.29 is 9.90 Å². The first-order chi connectivity index (χ1) is 10.2. The summed E-state index contributed by atoms with van der Waals surface area (Å²) in [5.41, 5.74) is 4.11. The number of nitrogens with zero attached hydrogens (tertiary/aromatic N) is 2. The Morgan fingerprint density at radius 3 is 2.41 bits per heavy atom. The molecule has 5 nitrogen and oxygen atoms in total. The molecule has 0 fully saturated rings. The lowest BCUT2D eigenvalue weighted by Gasteiger charge is -2.31. The van der Waals surface area contributed by atoms with Crippen molar-refractivity contribution >= 4 is 33.2 Å². The van der Waals surface area contributed by atoms with Gasteiger partial charge < -0.3 is 10.0 Å². The van der Waals surface area contributed by atoms with E-state index in [2.05, 4.69) is 26.5 Å². The number of hydrazone groups is 1. The van der Waals surface area contributed by atoms with E-state index in [1.165, 1.54) is 0 Å². The zero-order chi connectivity index (χ0) is 16.5. The molecule has 0 unspecified atom stereocenters. The van der Waals surface area contributed by atoms with E-state index >= 15 is 0 Å². The van der Waals surface area contributed by atoms with Gasteiger partial charge in [-0.2, -0.15) is 5.10 Å². The van der Waals surface area contributed by atoms with Gasteiger partial charge in [0.05, 0.1) is 17.9 Å². The zero-order valence-corrected chi connectivity index (χ0v) is 14.7. The number of benzene rings is 1. The van der Waals surface area contributed by atoms with Gasteiger partial charge in [0, 0.05) is 10.0 Å². The first-order valence-corrected chi connectivity index (χ1v) is 7.80. The van der Waals surface area contributed by atoms with Crippen molar-refractivity contribution in [2.24, 2.45) is 5.10 Å². The standard InChI is InChI=1S/C16H20BrN3O2/c1-10(18-19-12-7-5-11(17)6-8-12)14-13(21)9-20(15(14)22)16(2,3)4/h5-8,19,21H,9H2,1-4H3. The van der Waals surface area contributed by atoms with Crippen molar-refractivity contribution in [3.05, 3.63) is 40.1 Å². The number of halogens is 1. The van der Waals surface area contributed by atoms with Crippen LogP contribution in [0.1, 0.15) is 27.7 Å². The number of nitrogens with one attached hydrogen (secondary N) is 1. The second kappa shape index (κ2) is 6.12. The smallest absolute Gasteiger partial charge is 0.260 e. The molecule has 0 aliphatic carbocycles. The highest BCUT2D eigenvalue weighted by Gasteiger charge is 2.38. The Hall–Kier alpha value is -1.82. The molecule has 0 bridgehead atoms. The number of carbonyl (C=O) groups excluding carboxylic acids is 1. The molecule has 0 saturated carbocycles. The molecule has 0 radical (unpaired) electrons. The van der Waals surface area contributed by atoms with E-state index in [1.54, 1.807) is 11.8 Å². The zero-order valence-electron chi connectivity index (χ0n) is 13.1. The van der Waals surface area contributed by atoms with Crippen LogP contribution in [0, 0.1) is 0 Å². The van der Waals surface area contributed by atoms with Crippen LogP contribution < -0.4 is 5.43 Å². The molecule has 2 rings (SSSR count). The molecule has 1 aliphatic heterocycles. The Labute approximate surface area is 138 Å². The average molecular weight is 366 g/mol. The summed E-state index contributed by atoms with van der Waals surface area (Å²) in [7, 11) is 0. The van der Waals surface area contributed by atoms with Gasteiger partial charge in [-0.1, -0.05) is 15.9 Å². The molecular formula is C16H20BrN3O2. The molecule has 0 atom stereocenters. The van der Waals surface area contributed by atoms with E-state index in [0.29, 0.717) is 5.71 Å². The van der Waals surface area contributed by atoms with Crippen LogP contribution in [0.4, 0.5) is 5.69 Å². The molecule has 6 heteroatoms. The molecule has 0 spiro atoms. The Kier molecular flexibility index (Phi) is 4.60. The number of anilines is 1. The van der Waals surface area contributed by atoms with Gasteiger partial charge in [-0.15, -0.1) is 0 Å². The number of carbonyl (C=O) groups is 1. The summed E-state index contributed by atoms with van der Waals surface area (Å²) in [5.74, 6) is -0.123. The highest BCUT2D eigenvalue weighted by Crippen LogP contribution is 2.26. The van der Waals surface area contributed by atoms with E-state index in [4.69, 9.17) is 0 Å². The minimum Gasteiger partial charge on any atom is -0.510 e. The predicted octanol–water partition coefficient (Wildman–Crippen LogP) is 3.69. The van der Waals surface area contributed by atoms with Crippen molar-refractivity contribution in [1.29, 1.82) is 0 Å². The van der Waals surface area contributed by atoms with E-state index in [-0.39, 0.29) is 29.3 Å². The molecule has 1 aliphatic rings. The normalized spacial score (nSPS) is 16.5. The Balaban J connectivity index is 2.16. The third-order valence-electron chi connectivity index (χ3n) is 3.42. The Morgan fingerprint density at radius 2 is 1.91 bits per heavy atom. The summed E-state index contributed by atoms with van der Waals surface area (Å²) in [6.07, 6.45) is 0. The summed E-state index contributed by atoms with van der Waals surface area (Å²) in [4.78, 5) is 14.1. The van der Waals surface area contributed by atoms with Crippen LogP contribution in [-0.4, -0.2) is 33.7 Å². The minimum absolute atomic E-state index is 0.0683. The van der Waals surface area contributed by atoms with Gasteiger partial charge in [-0.05, 0) is 52.0 Å². The summed E-state index contributed by atoms with van der Waals surface area (Å²) < 4.78 is 0.978. The number of aliphatic hydroxyl groups is 1. The average Bonchev–Trinajstić information content (AvgIpc) is 2.73. The molecular weight excluding hydrogens is 346 g/mol. The topological polar surface area (TPSA) is 64.9 Å². The summed E-state index contributed by atoms with van der Waals surface area (Å²) >= 11 is 3.37. The van der Waals surface area contributed by atoms with Gasteiger partial charge in [0.1, 0.15) is 11.3 Å². The minimum atomic E-state index is -0.341. The molecule has 1 aromatic carbocycles. The fourth-order valence-corrected chi connectivity index (χ4v) is 2.46. The second-order valence-electron chi connectivity index (χ2n) is 6.20. The monoisotopic (exact) mass is 365 g/mol. The van der Waals surface area contributed by atoms with Gasteiger partial charge in [0.25, 0.3) is 5.91 Å². The Bertz CT molecular complexity index is 642. The highest BCUT2D eigenvalue weighted by molar-refractivity contribution is 9.10. The summed E-state index contributed by atoms with van der Waals surface area (Å²) in [5, 5.41) is 14.3. The van der Waals surface area contributed by atoms with Crippen LogP contribution in [0.15, 0.2) is 45.2 Å². The van der Waals surface area contributed by atoms with Crippen LogP contribution in [0.5, 0.6) is 0 Å². The first-order valence-electron chi connectivity index (χ1n) is 7.00. The lowest BCUT2D eigenvalue weighted by atomic mass is 10.1. The van der Waals surface area contributed by atoms with Crippen LogP contribution >= 0.6 is 15.9 Å². The third-order valence-corrected chi connectivity index (χ3v) is 3.95. The van der Waals surface area contributed by atoms with Crippen LogP contribution in [-0.2, 0) is 4.79 Å². The molecule has 1 aromatic rings. The van der Waals surface area contributed by atoms with Crippen molar-refractivity contribution in [2.45, 2.75) is 33.2 Å². The third kappa shape index (κ3) is 3.50. The molecule has 0 saturated heterocycles. The number of rotatable bonds is 3. The van der Waals surface area contributed by atoms with Crippen molar-refractivity contribution in [3.63, 3.8) is 0 Å². The largest absolute Gasteiger partial charge is 0.510 e. The molecule has 0 aromatic heterocycles. The fourth-order valence-electron chi connectivity index (χ4n) is 2.19.